The van der Waals surface area contributed by atoms with Crippen LogP contribution in [0.5, 0.6) is 0 Å². The van der Waals surface area contributed by atoms with Gasteiger partial charge in [0, 0.05) is 19.1 Å². The monoisotopic (exact) mass is 300 g/mol. The van der Waals surface area contributed by atoms with E-state index in [1.165, 1.54) is 19.3 Å². The Hall–Kier alpha value is -0.780. The van der Waals surface area contributed by atoms with Crippen molar-refractivity contribution in [3.8, 4) is 0 Å². The Balaban J connectivity index is 1.51. The first-order valence-electron chi connectivity index (χ1n) is 7.80. The van der Waals surface area contributed by atoms with Gasteiger partial charge in [-0.25, -0.2) is 13.2 Å². The number of nitrogens with one attached hydrogen (secondary N) is 1. The molecule has 3 atom stereocenters. The summed E-state index contributed by atoms with van der Waals surface area (Å²) in [5.74, 6) is 1.32. The van der Waals surface area contributed by atoms with Crippen molar-refractivity contribution in [2.45, 2.75) is 44.6 Å². The van der Waals surface area contributed by atoms with Crippen LogP contribution in [-0.4, -0.2) is 50.0 Å². The van der Waals surface area contributed by atoms with E-state index in [1.807, 2.05) is 4.90 Å². The molecule has 3 rings (SSSR count). The van der Waals surface area contributed by atoms with Crippen LogP contribution in [-0.2, 0) is 9.84 Å². The van der Waals surface area contributed by atoms with Gasteiger partial charge in [0.05, 0.1) is 11.5 Å². The summed E-state index contributed by atoms with van der Waals surface area (Å²) < 4.78 is 22.8. The molecule has 1 aliphatic carbocycles. The van der Waals surface area contributed by atoms with E-state index in [0.29, 0.717) is 24.9 Å². The largest absolute Gasteiger partial charge is 0.338 e. The van der Waals surface area contributed by atoms with E-state index >= 15 is 0 Å². The lowest BCUT2D eigenvalue weighted by Gasteiger charge is -2.37. The highest BCUT2D eigenvalue weighted by Gasteiger charge is 2.37. The van der Waals surface area contributed by atoms with Crippen molar-refractivity contribution >= 4 is 15.9 Å². The molecule has 2 amide bonds. The normalized spacial score (nSPS) is 35.8. The molecule has 20 heavy (non-hydrogen) atoms. The minimum absolute atomic E-state index is 0.0193. The Morgan fingerprint density at radius 2 is 1.95 bits per heavy atom. The highest BCUT2D eigenvalue weighted by atomic mass is 32.2. The van der Waals surface area contributed by atoms with Crippen molar-refractivity contribution in [3.05, 3.63) is 0 Å². The fourth-order valence-corrected chi connectivity index (χ4v) is 5.93. The molecular formula is C14H24N2O3S. The summed E-state index contributed by atoms with van der Waals surface area (Å²) >= 11 is 0. The van der Waals surface area contributed by atoms with Crippen LogP contribution in [0.4, 0.5) is 4.79 Å². The number of rotatable bonds is 2. The van der Waals surface area contributed by atoms with Gasteiger partial charge in [-0.15, -0.1) is 0 Å². The summed E-state index contributed by atoms with van der Waals surface area (Å²) in [6.45, 7) is 1.36. The van der Waals surface area contributed by atoms with Gasteiger partial charge in [0.1, 0.15) is 0 Å². The zero-order valence-corrected chi connectivity index (χ0v) is 12.7. The highest BCUT2D eigenvalue weighted by molar-refractivity contribution is 7.91. The molecule has 1 N–H and O–H groups in total. The van der Waals surface area contributed by atoms with Crippen molar-refractivity contribution in [2.75, 3.05) is 24.6 Å². The second-order valence-corrected chi connectivity index (χ2v) is 8.78. The third-order valence-corrected chi connectivity index (χ3v) is 6.96. The Kier molecular flexibility index (Phi) is 3.93. The first-order chi connectivity index (χ1) is 9.55. The van der Waals surface area contributed by atoms with Crippen LogP contribution < -0.4 is 5.32 Å². The molecule has 3 aliphatic rings. The summed E-state index contributed by atoms with van der Waals surface area (Å²) in [6, 6.07) is 0.446. The molecule has 1 saturated carbocycles. The second kappa shape index (κ2) is 5.54. The first kappa shape index (κ1) is 14.2. The number of nitrogens with zero attached hydrogens (tertiary/aromatic N) is 1. The van der Waals surface area contributed by atoms with Crippen LogP contribution >= 0.6 is 0 Å². The van der Waals surface area contributed by atoms with E-state index in [9.17, 15) is 13.2 Å². The van der Waals surface area contributed by atoms with E-state index in [1.54, 1.807) is 0 Å². The number of sulfone groups is 1. The Morgan fingerprint density at radius 3 is 2.70 bits per heavy atom. The Bertz CT molecular complexity index is 477. The van der Waals surface area contributed by atoms with Crippen molar-refractivity contribution in [1.29, 1.82) is 0 Å². The van der Waals surface area contributed by atoms with Crippen molar-refractivity contribution < 1.29 is 13.2 Å². The smallest absolute Gasteiger partial charge is 0.317 e. The standard InChI is InChI=1S/C14H24N2O3S/c17-14(15-9-11-6-8-20(18,19)10-11)16-7-2-4-12-3-1-5-13(12)16/h11-13H,1-10H2,(H,15,17)/t11-,12-,13-/m0/s1. The average Bonchev–Trinajstić information content (AvgIpc) is 3.01. The molecular weight excluding hydrogens is 276 g/mol. The molecule has 0 unspecified atom stereocenters. The van der Waals surface area contributed by atoms with Gasteiger partial charge >= 0.3 is 6.03 Å². The van der Waals surface area contributed by atoms with Crippen molar-refractivity contribution in [3.63, 3.8) is 0 Å². The number of amides is 2. The number of carbonyl (C=O) groups is 1. The van der Waals surface area contributed by atoms with Gasteiger partial charge in [-0.05, 0) is 43.9 Å². The summed E-state index contributed by atoms with van der Waals surface area (Å²) in [5, 5.41) is 2.97. The quantitative estimate of drug-likeness (QED) is 0.838. The van der Waals surface area contributed by atoms with E-state index in [-0.39, 0.29) is 23.5 Å². The predicted octanol–water partition coefficient (Wildman–Crippen LogP) is 1.40. The average molecular weight is 300 g/mol. The van der Waals surface area contributed by atoms with E-state index < -0.39 is 9.84 Å². The molecule has 5 nitrogen and oxygen atoms in total. The minimum Gasteiger partial charge on any atom is -0.338 e. The van der Waals surface area contributed by atoms with E-state index in [0.717, 1.165) is 19.4 Å². The number of likely N-dealkylation sites (tertiary alicyclic amines) is 1. The van der Waals surface area contributed by atoms with Gasteiger partial charge in [0.15, 0.2) is 9.84 Å². The molecule has 2 saturated heterocycles. The highest BCUT2D eigenvalue weighted by Crippen LogP contribution is 2.36. The lowest BCUT2D eigenvalue weighted by molar-refractivity contribution is 0.127. The fourth-order valence-electron chi connectivity index (χ4n) is 4.07. The van der Waals surface area contributed by atoms with Crippen LogP contribution in [0.3, 0.4) is 0 Å². The summed E-state index contributed by atoms with van der Waals surface area (Å²) in [5.41, 5.74) is 0. The molecule has 0 radical (unpaired) electrons. The number of urea groups is 1. The van der Waals surface area contributed by atoms with Crippen LogP contribution in [0, 0.1) is 11.8 Å². The lowest BCUT2D eigenvalue weighted by atomic mass is 9.92. The number of fused-ring (bicyclic) bond motifs is 1. The van der Waals surface area contributed by atoms with Gasteiger partial charge in [0.25, 0.3) is 0 Å². The Morgan fingerprint density at radius 1 is 1.15 bits per heavy atom. The molecule has 0 aromatic rings. The molecule has 114 valence electrons. The third-order valence-electron chi connectivity index (χ3n) is 5.12. The van der Waals surface area contributed by atoms with Gasteiger partial charge < -0.3 is 10.2 Å². The van der Waals surface area contributed by atoms with E-state index in [4.69, 9.17) is 0 Å². The molecule has 0 aromatic carbocycles. The maximum Gasteiger partial charge on any atom is 0.317 e. The van der Waals surface area contributed by atoms with Gasteiger partial charge in [0.2, 0.25) is 0 Å². The number of carbonyl (C=O) groups excluding carboxylic acids is 1. The van der Waals surface area contributed by atoms with Crippen LogP contribution in [0.15, 0.2) is 0 Å². The summed E-state index contributed by atoms with van der Waals surface area (Å²) in [7, 11) is -2.85. The number of piperidine rings is 1. The zero-order chi connectivity index (χ0) is 14.2. The van der Waals surface area contributed by atoms with Crippen LogP contribution in [0.1, 0.15) is 38.5 Å². The summed E-state index contributed by atoms with van der Waals surface area (Å²) in [6.07, 6.45) is 6.68. The zero-order valence-electron chi connectivity index (χ0n) is 11.9. The van der Waals surface area contributed by atoms with Gasteiger partial charge in [-0.2, -0.15) is 0 Å². The van der Waals surface area contributed by atoms with Gasteiger partial charge in [-0.3, -0.25) is 0 Å². The first-order valence-corrected chi connectivity index (χ1v) is 9.62. The molecule has 6 heteroatoms. The molecule has 0 spiro atoms. The number of hydrogen-bond acceptors (Lipinski definition) is 3. The maximum atomic E-state index is 12.3. The minimum atomic E-state index is -2.85. The Labute approximate surface area is 121 Å². The fraction of sp³-hybridized carbons (Fsp3) is 0.929. The molecule has 0 aromatic heterocycles. The van der Waals surface area contributed by atoms with Crippen LogP contribution in [0.25, 0.3) is 0 Å². The SMILES string of the molecule is O=C(NC[C@@H]1CCS(=O)(=O)C1)N1CCC[C@@H]2CCC[C@@H]21. The van der Waals surface area contributed by atoms with Crippen LogP contribution in [0.2, 0.25) is 0 Å². The topological polar surface area (TPSA) is 66.5 Å². The molecule has 0 bridgehead atoms. The summed E-state index contributed by atoms with van der Waals surface area (Å²) in [4.78, 5) is 14.3. The molecule has 3 fully saturated rings. The van der Waals surface area contributed by atoms with E-state index in [2.05, 4.69) is 5.32 Å². The molecule has 2 aliphatic heterocycles. The van der Waals surface area contributed by atoms with Gasteiger partial charge in [-0.1, -0.05) is 6.42 Å². The number of hydrogen-bond donors (Lipinski definition) is 1. The van der Waals surface area contributed by atoms with Crippen molar-refractivity contribution in [1.82, 2.24) is 10.2 Å². The second-order valence-electron chi connectivity index (χ2n) is 6.55. The third kappa shape index (κ3) is 2.95. The predicted molar refractivity (Wildman–Crippen MR) is 77.2 cm³/mol. The molecule has 2 heterocycles. The van der Waals surface area contributed by atoms with Crippen molar-refractivity contribution in [2.24, 2.45) is 11.8 Å². The maximum absolute atomic E-state index is 12.3. The lowest BCUT2D eigenvalue weighted by Crippen LogP contribution is -2.51.